The zero-order chi connectivity index (χ0) is 23.9. The molecule has 0 spiro atoms. The van der Waals surface area contributed by atoms with E-state index in [0.717, 1.165) is 69.4 Å². The number of morpholine rings is 1. The Hall–Kier alpha value is -3.09. The number of aryl methyl sites for hydroxylation is 1. The molecule has 2 aliphatic rings. The summed E-state index contributed by atoms with van der Waals surface area (Å²) < 4.78 is 5.49. The maximum Gasteiger partial charge on any atom is 0.255 e. The summed E-state index contributed by atoms with van der Waals surface area (Å²) in [6.45, 7) is 13.5. The number of hydrogen-bond acceptors (Lipinski definition) is 5. The van der Waals surface area contributed by atoms with Crippen LogP contribution in [0.2, 0.25) is 0 Å². The molecule has 2 heterocycles. The lowest BCUT2D eigenvalue weighted by atomic mass is 10.1. The Morgan fingerprint density at radius 2 is 1.79 bits per heavy atom. The fourth-order valence-electron chi connectivity index (χ4n) is 4.32. The van der Waals surface area contributed by atoms with E-state index in [4.69, 9.17) is 4.74 Å². The van der Waals surface area contributed by atoms with E-state index in [1.807, 2.05) is 19.1 Å². The number of carbonyl (C=O) groups is 1. The van der Waals surface area contributed by atoms with Crippen LogP contribution in [-0.4, -0.2) is 61.6 Å². The van der Waals surface area contributed by atoms with Crippen molar-refractivity contribution in [2.75, 3.05) is 56.2 Å². The fraction of sp³-hybridized carbons (Fsp3) is 0.393. The monoisotopic (exact) mass is 460 g/mol. The van der Waals surface area contributed by atoms with Gasteiger partial charge in [0.25, 0.3) is 5.91 Å². The van der Waals surface area contributed by atoms with Crippen molar-refractivity contribution in [3.05, 3.63) is 83.2 Å². The molecule has 0 unspecified atom stereocenters. The van der Waals surface area contributed by atoms with Crippen LogP contribution in [0.15, 0.2) is 66.5 Å². The molecule has 6 heteroatoms. The molecule has 0 radical (unpaired) electrons. The summed E-state index contributed by atoms with van der Waals surface area (Å²) in [5.74, 6) is -0.0854. The minimum absolute atomic E-state index is 0.0854. The third-order valence-corrected chi connectivity index (χ3v) is 6.57. The van der Waals surface area contributed by atoms with Gasteiger partial charge in [0.1, 0.15) is 0 Å². The average Bonchev–Trinajstić information content (AvgIpc) is 2.89. The van der Waals surface area contributed by atoms with Crippen LogP contribution in [-0.2, 0) is 11.3 Å². The SMILES string of the molecule is CCN(CC)Cc1ccc(C(=O)Nc2cc(N3C=C(N4CCOCC4)C=CC3)ccc2C)cc1. The third-order valence-electron chi connectivity index (χ3n) is 6.57. The first-order valence-electron chi connectivity index (χ1n) is 12.3. The normalized spacial score (nSPS) is 16.1. The van der Waals surface area contributed by atoms with Gasteiger partial charge in [-0.3, -0.25) is 9.69 Å². The maximum absolute atomic E-state index is 13.0. The Kier molecular flexibility index (Phi) is 8.03. The van der Waals surface area contributed by atoms with Crippen molar-refractivity contribution >= 4 is 17.3 Å². The third kappa shape index (κ3) is 5.88. The molecule has 2 aliphatic heterocycles. The van der Waals surface area contributed by atoms with E-state index in [9.17, 15) is 4.79 Å². The number of nitrogens with one attached hydrogen (secondary N) is 1. The number of nitrogens with zero attached hydrogens (tertiary/aromatic N) is 3. The van der Waals surface area contributed by atoms with E-state index < -0.39 is 0 Å². The Labute approximate surface area is 203 Å². The number of allylic oxidation sites excluding steroid dienone is 1. The number of amides is 1. The summed E-state index contributed by atoms with van der Waals surface area (Å²) in [6.07, 6.45) is 6.56. The van der Waals surface area contributed by atoms with E-state index in [-0.39, 0.29) is 5.91 Å². The Morgan fingerprint density at radius 1 is 1.06 bits per heavy atom. The second kappa shape index (κ2) is 11.4. The summed E-state index contributed by atoms with van der Waals surface area (Å²) in [7, 11) is 0. The van der Waals surface area contributed by atoms with Crippen molar-refractivity contribution in [2.24, 2.45) is 0 Å². The fourth-order valence-corrected chi connectivity index (χ4v) is 4.32. The zero-order valence-corrected chi connectivity index (χ0v) is 20.6. The summed E-state index contributed by atoms with van der Waals surface area (Å²) in [4.78, 5) is 19.9. The predicted molar refractivity (Wildman–Crippen MR) is 139 cm³/mol. The van der Waals surface area contributed by atoms with Gasteiger partial charge in [-0.05, 0) is 61.5 Å². The molecular weight excluding hydrogens is 424 g/mol. The molecule has 34 heavy (non-hydrogen) atoms. The van der Waals surface area contributed by atoms with Crippen LogP contribution in [0.3, 0.4) is 0 Å². The Bertz CT molecular complexity index is 1030. The number of ether oxygens (including phenoxy) is 1. The smallest absolute Gasteiger partial charge is 0.255 e. The standard InChI is InChI=1S/C28H36N4O2/c1-4-30(5-2)20-23-9-11-24(12-10-23)28(33)29-27-19-25(13-8-22(27)3)32-14-6-7-26(21-32)31-15-17-34-18-16-31/h6-13,19,21H,4-5,14-18,20H2,1-3H3,(H,29,33). The van der Waals surface area contributed by atoms with Crippen LogP contribution < -0.4 is 10.2 Å². The lowest BCUT2D eigenvalue weighted by molar-refractivity contribution is 0.0551. The van der Waals surface area contributed by atoms with E-state index in [2.05, 4.69) is 82.5 Å². The highest BCUT2D eigenvalue weighted by Gasteiger charge is 2.17. The molecule has 4 rings (SSSR count). The molecule has 1 saturated heterocycles. The first-order valence-corrected chi connectivity index (χ1v) is 12.3. The van der Waals surface area contributed by atoms with Crippen molar-refractivity contribution in [1.82, 2.24) is 9.80 Å². The first-order chi connectivity index (χ1) is 16.6. The van der Waals surface area contributed by atoms with E-state index in [1.54, 1.807) is 0 Å². The zero-order valence-electron chi connectivity index (χ0n) is 20.6. The second-order valence-electron chi connectivity index (χ2n) is 8.82. The molecule has 0 aliphatic carbocycles. The molecule has 0 aromatic heterocycles. The first kappa shape index (κ1) is 24.0. The lowest BCUT2D eigenvalue weighted by Gasteiger charge is -2.33. The number of benzene rings is 2. The highest BCUT2D eigenvalue weighted by atomic mass is 16.5. The molecule has 2 aromatic carbocycles. The average molecular weight is 461 g/mol. The highest BCUT2D eigenvalue weighted by molar-refractivity contribution is 6.04. The highest BCUT2D eigenvalue weighted by Crippen LogP contribution is 2.27. The van der Waals surface area contributed by atoms with E-state index in [1.165, 1.54) is 11.3 Å². The van der Waals surface area contributed by atoms with E-state index >= 15 is 0 Å². The van der Waals surface area contributed by atoms with Gasteiger partial charge in [-0.25, -0.2) is 0 Å². The van der Waals surface area contributed by atoms with E-state index in [0.29, 0.717) is 5.56 Å². The number of hydrogen-bond donors (Lipinski definition) is 1. The van der Waals surface area contributed by atoms with Crippen LogP contribution in [0.4, 0.5) is 11.4 Å². The van der Waals surface area contributed by atoms with Crippen molar-refractivity contribution < 1.29 is 9.53 Å². The van der Waals surface area contributed by atoms with Crippen LogP contribution in [0.1, 0.15) is 35.3 Å². The summed E-state index contributed by atoms with van der Waals surface area (Å²) >= 11 is 0. The molecule has 2 aromatic rings. The number of rotatable bonds is 8. The Balaban J connectivity index is 1.45. The molecule has 6 nitrogen and oxygen atoms in total. The van der Waals surface area contributed by atoms with Gasteiger partial charge in [-0.15, -0.1) is 0 Å². The van der Waals surface area contributed by atoms with Gasteiger partial charge in [-0.1, -0.05) is 38.1 Å². The van der Waals surface area contributed by atoms with Gasteiger partial charge in [0.05, 0.1) is 18.9 Å². The quantitative estimate of drug-likeness (QED) is 0.622. The molecule has 1 amide bonds. The lowest BCUT2D eigenvalue weighted by Crippen LogP contribution is -2.37. The number of carbonyl (C=O) groups excluding carboxylic acids is 1. The molecule has 0 atom stereocenters. The topological polar surface area (TPSA) is 48.1 Å². The van der Waals surface area contributed by atoms with Gasteiger partial charge in [0, 0.05) is 49.3 Å². The molecular formula is C28H36N4O2. The molecule has 1 fully saturated rings. The van der Waals surface area contributed by atoms with Crippen molar-refractivity contribution in [2.45, 2.75) is 27.3 Å². The minimum atomic E-state index is -0.0854. The predicted octanol–water partition coefficient (Wildman–Crippen LogP) is 4.64. The maximum atomic E-state index is 13.0. The van der Waals surface area contributed by atoms with Gasteiger partial charge in [0.2, 0.25) is 0 Å². The van der Waals surface area contributed by atoms with Crippen LogP contribution in [0.25, 0.3) is 0 Å². The van der Waals surface area contributed by atoms with Gasteiger partial charge in [-0.2, -0.15) is 0 Å². The van der Waals surface area contributed by atoms with Gasteiger partial charge in [0.15, 0.2) is 0 Å². The van der Waals surface area contributed by atoms with Crippen molar-refractivity contribution in [1.29, 1.82) is 0 Å². The summed E-state index contributed by atoms with van der Waals surface area (Å²) in [5, 5.41) is 3.12. The van der Waals surface area contributed by atoms with Gasteiger partial charge >= 0.3 is 0 Å². The Morgan fingerprint density at radius 3 is 2.50 bits per heavy atom. The molecule has 180 valence electrons. The van der Waals surface area contributed by atoms with Crippen molar-refractivity contribution in [3.63, 3.8) is 0 Å². The molecule has 0 bridgehead atoms. The summed E-state index contributed by atoms with van der Waals surface area (Å²) in [5.41, 5.74) is 6.03. The second-order valence-corrected chi connectivity index (χ2v) is 8.82. The molecule has 1 N–H and O–H groups in total. The van der Waals surface area contributed by atoms with Crippen LogP contribution in [0.5, 0.6) is 0 Å². The summed E-state index contributed by atoms with van der Waals surface area (Å²) in [6, 6.07) is 14.2. The van der Waals surface area contributed by atoms with Gasteiger partial charge < -0.3 is 19.9 Å². The minimum Gasteiger partial charge on any atom is -0.378 e. The largest absolute Gasteiger partial charge is 0.378 e. The van der Waals surface area contributed by atoms with Crippen LogP contribution in [0, 0.1) is 6.92 Å². The van der Waals surface area contributed by atoms with Crippen LogP contribution >= 0.6 is 0 Å². The number of anilines is 2. The molecule has 0 saturated carbocycles. The van der Waals surface area contributed by atoms with Crippen molar-refractivity contribution in [3.8, 4) is 0 Å².